The van der Waals surface area contributed by atoms with Crippen LogP contribution in [0, 0.1) is 11.8 Å². The Labute approximate surface area is 96.0 Å². The summed E-state index contributed by atoms with van der Waals surface area (Å²) in [5.41, 5.74) is 0.436. The summed E-state index contributed by atoms with van der Waals surface area (Å²) in [6, 6.07) is 0. The molecule has 0 saturated carbocycles. The Morgan fingerprint density at radius 1 is 1.31 bits per heavy atom. The number of hydrogen-bond acceptors (Lipinski definition) is 2. The van der Waals surface area contributed by atoms with E-state index < -0.39 is 5.97 Å². The van der Waals surface area contributed by atoms with Gasteiger partial charge in [-0.25, -0.2) is 4.79 Å². The quantitative estimate of drug-likeness (QED) is 0.555. The van der Waals surface area contributed by atoms with Crippen LogP contribution in [0.4, 0.5) is 0 Å². The fourth-order valence-corrected chi connectivity index (χ4v) is 1.37. The Morgan fingerprint density at radius 3 is 2.25 bits per heavy atom. The molecule has 4 heteroatoms. The maximum atomic E-state index is 11.0. The van der Waals surface area contributed by atoms with E-state index in [9.17, 15) is 9.59 Å². The van der Waals surface area contributed by atoms with Crippen LogP contribution in [0.2, 0.25) is 0 Å². The highest BCUT2D eigenvalue weighted by molar-refractivity contribution is 5.83. The molecule has 0 rings (SSSR count). The number of nitrogens with one attached hydrogen (secondary N) is 1. The molecule has 0 aliphatic heterocycles. The lowest BCUT2D eigenvalue weighted by Crippen LogP contribution is -2.27. The predicted octanol–water partition coefficient (Wildman–Crippen LogP) is 1.94. The van der Waals surface area contributed by atoms with Crippen molar-refractivity contribution in [3.63, 3.8) is 0 Å². The maximum absolute atomic E-state index is 11.0. The van der Waals surface area contributed by atoms with E-state index in [2.05, 4.69) is 5.32 Å². The highest BCUT2D eigenvalue weighted by Crippen LogP contribution is 2.19. The molecule has 0 bridgehead atoms. The molecule has 4 nitrogen and oxygen atoms in total. The predicted molar refractivity (Wildman–Crippen MR) is 62.7 cm³/mol. The Morgan fingerprint density at radius 2 is 1.88 bits per heavy atom. The number of carboxylic acids is 1. The highest BCUT2D eigenvalue weighted by Gasteiger charge is 2.16. The molecule has 0 aromatic rings. The first-order chi connectivity index (χ1) is 7.38. The van der Waals surface area contributed by atoms with Gasteiger partial charge in [0.25, 0.3) is 0 Å². The summed E-state index contributed by atoms with van der Waals surface area (Å²) >= 11 is 0. The third-order valence-corrected chi connectivity index (χ3v) is 2.37. The molecule has 90 valence electrons. The molecule has 0 aliphatic rings. The van der Waals surface area contributed by atoms with Crippen molar-refractivity contribution >= 4 is 11.9 Å². The second-order valence-corrected chi connectivity index (χ2v) is 3.79. The van der Waals surface area contributed by atoms with Crippen LogP contribution in [-0.2, 0) is 9.59 Å². The van der Waals surface area contributed by atoms with E-state index in [1.54, 1.807) is 0 Å². The molecule has 0 aromatic carbocycles. The summed E-state index contributed by atoms with van der Waals surface area (Å²) in [4.78, 5) is 21.6. The van der Waals surface area contributed by atoms with E-state index in [1.807, 2.05) is 32.9 Å². The van der Waals surface area contributed by atoms with Crippen LogP contribution in [0.25, 0.3) is 0 Å². The minimum Gasteiger partial charge on any atom is -0.478 e. The minimum atomic E-state index is -1.05. The first-order valence-electron chi connectivity index (χ1n) is 5.23. The monoisotopic (exact) mass is 225 g/mol. The summed E-state index contributed by atoms with van der Waals surface area (Å²) < 4.78 is 0. The summed E-state index contributed by atoms with van der Waals surface area (Å²) in [6.45, 7) is 7.13. The van der Waals surface area contributed by atoms with Crippen LogP contribution >= 0.6 is 0 Å². The van der Waals surface area contributed by atoms with E-state index in [-0.39, 0.29) is 17.7 Å². The first kappa shape index (κ1) is 14.4. The zero-order valence-electron chi connectivity index (χ0n) is 10.2. The van der Waals surface area contributed by atoms with Crippen LogP contribution in [0.15, 0.2) is 23.9 Å². The number of allylic oxidation sites excluding steroid dienone is 3. The fourth-order valence-electron chi connectivity index (χ4n) is 1.37. The highest BCUT2D eigenvalue weighted by atomic mass is 16.4. The largest absolute Gasteiger partial charge is 0.478 e. The number of hydrogen-bond donors (Lipinski definition) is 2. The van der Waals surface area contributed by atoms with Gasteiger partial charge >= 0.3 is 5.97 Å². The molecule has 2 atom stereocenters. The second kappa shape index (κ2) is 6.82. The van der Waals surface area contributed by atoms with Gasteiger partial charge in [-0.2, -0.15) is 0 Å². The Kier molecular flexibility index (Phi) is 6.15. The number of carboxylic acid groups (broad SMARTS) is 1. The molecular weight excluding hydrogens is 206 g/mol. The van der Waals surface area contributed by atoms with Crippen molar-refractivity contribution in [2.24, 2.45) is 11.8 Å². The van der Waals surface area contributed by atoms with Crippen molar-refractivity contribution in [3.05, 3.63) is 23.9 Å². The molecule has 0 unspecified atom stereocenters. The number of carbonyl (C=O) groups is 2. The van der Waals surface area contributed by atoms with Gasteiger partial charge in [0.2, 0.25) is 5.91 Å². The summed E-state index contributed by atoms with van der Waals surface area (Å²) in [5, 5.41) is 11.3. The Bertz CT molecular complexity index is 318. The molecule has 2 N–H and O–H groups in total. The SMILES string of the molecule is C/C=C/[C@H](C)[C@H](C)/C(=C/C(=O)O)NC(C)=O. The number of carbonyl (C=O) groups excluding carboxylic acids is 1. The van der Waals surface area contributed by atoms with Crippen molar-refractivity contribution in [3.8, 4) is 0 Å². The zero-order chi connectivity index (χ0) is 12.7. The number of aliphatic carboxylic acids is 1. The van der Waals surface area contributed by atoms with Gasteiger partial charge in [-0.1, -0.05) is 26.0 Å². The lowest BCUT2D eigenvalue weighted by Gasteiger charge is -2.20. The zero-order valence-corrected chi connectivity index (χ0v) is 10.2. The maximum Gasteiger partial charge on any atom is 0.330 e. The molecular formula is C12H19NO3. The van der Waals surface area contributed by atoms with Crippen molar-refractivity contribution in [1.29, 1.82) is 0 Å². The van der Waals surface area contributed by atoms with Crippen LogP contribution in [0.3, 0.4) is 0 Å². The average molecular weight is 225 g/mol. The van der Waals surface area contributed by atoms with Crippen LogP contribution in [0.5, 0.6) is 0 Å². The van der Waals surface area contributed by atoms with Crippen molar-refractivity contribution in [2.75, 3.05) is 0 Å². The van der Waals surface area contributed by atoms with Gasteiger partial charge in [0.15, 0.2) is 0 Å². The van der Waals surface area contributed by atoms with E-state index >= 15 is 0 Å². The Hall–Kier alpha value is -1.58. The van der Waals surface area contributed by atoms with Crippen molar-refractivity contribution in [1.82, 2.24) is 5.32 Å². The third kappa shape index (κ3) is 5.34. The molecule has 0 heterocycles. The van der Waals surface area contributed by atoms with Gasteiger partial charge in [0.05, 0.1) is 0 Å². The van der Waals surface area contributed by atoms with Crippen LogP contribution < -0.4 is 5.32 Å². The molecule has 0 radical (unpaired) electrons. The number of amides is 1. The van der Waals surface area contributed by atoms with E-state index in [1.165, 1.54) is 6.92 Å². The van der Waals surface area contributed by atoms with Gasteiger partial charge in [0.1, 0.15) is 0 Å². The molecule has 0 saturated heterocycles. The standard InChI is InChI=1S/C12H19NO3/c1-5-6-8(2)9(3)11(7-12(15)16)13-10(4)14/h5-9H,1-4H3,(H,13,14)(H,15,16)/b6-5+,11-7-/t8-,9-/m0/s1. The third-order valence-electron chi connectivity index (χ3n) is 2.37. The molecule has 0 aliphatic carbocycles. The fraction of sp³-hybridized carbons (Fsp3) is 0.500. The summed E-state index contributed by atoms with van der Waals surface area (Å²) in [6.07, 6.45) is 4.93. The smallest absolute Gasteiger partial charge is 0.330 e. The topological polar surface area (TPSA) is 66.4 Å². The summed E-state index contributed by atoms with van der Waals surface area (Å²) in [5.74, 6) is -1.19. The van der Waals surface area contributed by atoms with E-state index in [0.29, 0.717) is 5.70 Å². The minimum absolute atomic E-state index is 0.0452. The van der Waals surface area contributed by atoms with E-state index in [4.69, 9.17) is 5.11 Å². The molecule has 0 spiro atoms. The number of rotatable bonds is 5. The van der Waals surface area contributed by atoms with Crippen molar-refractivity contribution in [2.45, 2.75) is 27.7 Å². The normalized spacial score (nSPS) is 15.9. The van der Waals surface area contributed by atoms with Gasteiger partial charge in [0, 0.05) is 24.6 Å². The lowest BCUT2D eigenvalue weighted by atomic mass is 9.92. The molecule has 0 aromatic heterocycles. The van der Waals surface area contributed by atoms with Crippen molar-refractivity contribution < 1.29 is 14.7 Å². The second-order valence-electron chi connectivity index (χ2n) is 3.79. The first-order valence-corrected chi connectivity index (χ1v) is 5.23. The van der Waals surface area contributed by atoms with E-state index in [0.717, 1.165) is 6.08 Å². The Balaban J connectivity index is 4.88. The molecule has 1 amide bonds. The molecule has 0 fully saturated rings. The molecule has 16 heavy (non-hydrogen) atoms. The van der Waals surface area contributed by atoms with Gasteiger partial charge < -0.3 is 10.4 Å². The average Bonchev–Trinajstić information content (AvgIpc) is 2.14. The van der Waals surface area contributed by atoms with Gasteiger partial charge in [-0.3, -0.25) is 4.79 Å². The van der Waals surface area contributed by atoms with Crippen LogP contribution in [0.1, 0.15) is 27.7 Å². The summed E-state index contributed by atoms with van der Waals surface area (Å²) in [7, 11) is 0. The van der Waals surface area contributed by atoms with Crippen LogP contribution in [-0.4, -0.2) is 17.0 Å². The lowest BCUT2D eigenvalue weighted by molar-refractivity contribution is -0.131. The van der Waals surface area contributed by atoms with Gasteiger partial charge in [-0.15, -0.1) is 0 Å². The van der Waals surface area contributed by atoms with Gasteiger partial charge in [-0.05, 0) is 12.8 Å².